The predicted octanol–water partition coefficient (Wildman–Crippen LogP) is 1.77. The molecule has 2 rings (SSSR count). The van der Waals surface area contributed by atoms with Gasteiger partial charge in [-0.25, -0.2) is 4.98 Å². The predicted molar refractivity (Wildman–Crippen MR) is 91.6 cm³/mol. The van der Waals surface area contributed by atoms with E-state index in [0.29, 0.717) is 25.5 Å². The van der Waals surface area contributed by atoms with Gasteiger partial charge in [-0.15, -0.1) is 0 Å². The van der Waals surface area contributed by atoms with Crippen LogP contribution in [0.25, 0.3) is 0 Å². The van der Waals surface area contributed by atoms with Crippen molar-refractivity contribution < 1.29 is 9.72 Å². The molecule has 1 unspecified atom stereocenters. The first-order valence-electron chi connectivity index (χ1n) is 8.32. The lowest BCUT2D eigenvalue weighted by Gasteiger charge is -2.33. The maximum Gasteiger partial charge on any atom is 0.287 e. The Morgan fingerprint density at radius 3 is 2.71 bits per heavy atom. The zero-order valence-corrected chi connectivity index (χ0v) is 14.2. The largest absolute Gasteiger partial charge is 0.365 e. The van der Waals surface area contributed by atoms with E-state index in [-0.39, 0.29) is 17.6 Å². The fourth-order valence-electron chi connectivity index (χ4n) is 3.11. The van der Waals surface area contributed by atoms with Gasteiger partial charge in [-0.2, -0.15) is 0 Å². The van der Waals surface area contributed by atoms with Crippen LogP contribution in [0.5, 0.6) is 0 Å². The first-order valence-corrected chi connectivity index (χ1v) is 8.32. The van der Waals surface area contributed by atoms with Crippen molar-refractivity contribution in [1.82, 2.24) is 9.88 Å². The molecule has 0 aromatic carbocycles. The number of nitrogens with one attached hydrogen (secondary N) is 1. The number of nitrogens with two attached hydrogens (primary N) is 1. The van der Waals surface area contributed by atoms with Gasteiger partial charge in [0.05, 0.1) is 10.3 Å². The van der Waals surface area contributed by atoms with Crippen LogP contribution in [0.4, 0.5) is 11.5 Å². The van der Waals surface area contributed by atoms with E-state index in [0.717, 1.165) is 19.3 Å². The van der Waals surface area contributed by atoms with E-state index in [9.17, 15) is 14.9 Å². The van der Waals surface area contributed by atoms with Crippen LogP contribution in [-0.4, -0.2) is 46.4 Å². The third-order valence-corrected chi connectivity index (χ3v) is 4.98. The molecule has 0 aliphatic carbocycles. The molecule has 0 spiro atoms. The van der Waals surface area contributed by atoms with Crippen LogP contribution in [0.15, 0.2) is 18.3 Å². The van der Waals surface area contributed by atoms with Gasteiger partial charge in [-0.1, -0.05) is 13.8 Å². The fraction of sp³-hybridized carbons (Fsp3) is 0.625. The smallest absolute Gasteiger partial charge is 0.287 e. The molecule has 3 N–H and O–H groups in total. The van der Waals surface area contributed by atoms with E-state index in [1.54, 1.807) is 6.07 Å². The van der Waals surface area contributed by atoms with Gasteiger partial charge < -0.3 is 16.0 Å². The molecule has 2 heterocycles. The van der Waals surface area contributed by atoms with Crippen molar-refractivity contribution in [2.24, 2.45) is 11.1 Å². The van der Waals surface area contributed by atoms with Crippen LogP contribution < -0.4 is 11.1 Å². The molecular formula is C16H25N5O3. The first-order chi connectivity index (χ1) is 11.5. The van der Waals surface area contributed by atoms with E-state index in [1.165, 1.54) is 12.3 Å². The Labute approximate surface area is 141 Å². The minimum Gasteiger partial charge on any atom is -0.365 e. The molecule has 1 amide bonds. The molecule has 1 aromatic heterocycles. The summed E-state index contributed by atoms with van der Waals surface area (Å²) in [5.41, 5.74) is 5.35. The molecular weight excluding hydrogens is 310 g/mol. The van der Waals surface area contributed by atoms with Crippen molar-refractivity contribution >= 4 is 17.4 Å². The highest BCUT2D eigenvalue weighted by Crippen LogP contribution is 2.30. The van der Waals surface area contributed by atoms with Gasteiger partial charge in [-0.3, -0.25) is 14.9 Å². The number of carbonyl (C=O) groups excluding carboxylic acids is 1. The average Bonchev–Trinajstić information content (AvgIpc) is 3.05. The number of anilines is 1. The molecule has 1 aromatic rings. The third-order valence-electron chi connectivity index (χ3n) is 4.98. The van der Waals surface area contributed by atoms with Crippen molar-refractivity contribution in [1.29, 1.82) is 0 Å². The summed E-state index contributed by atoms with van der Waals surface area (Å²) in [4.78, 5) is 28.9. The summed E-state index contributed by atoms with van der Waals surface area (Å²) in [6.07, 6.45) is 3.51. The van der Waals surface area contributed by atoms with E-state index >= 15 is 0 Å². The fourth-order valence-corrected chi connectivity index (χ4v) is 3.11. The molecule has 0 bridgehead atoms. The average molecular weight is 335 g/mol. The number of likely N-dealkylation sites (tertiary alicyclic amines) is 1. The molecule has 1 aliphatic rings. The molecule has 8 heteroatoms. The van der Waals surface area contributed by atoms with Gasteiger partial charge in [0.1, 0.15) is 12.0 Å². The maximum atomic E-state index is 12.8. The quantitative estimate of drug-likeness (QED) is 0.580. The number of aromatic nitrogens is 1. The highest BCUT2D eigenvalue weighted by molar-refractivity contribution is 5.83. The van der Waals surface area contributed by atoms with Gasteiger partial charge >= 0.3 is 0 Å². The van der Waals surface area contributed by atoms with Gasteiger partial charge in [-0.05, 0) is 25.3 Å². The maximum absolute atomic E-state index is 12.8. The van der Waals surface area contributed by atoms with Crippen molar-refractivity contribution in [2.45, 2.75) is 39.2 Å². The zero-order valence-electron chi connectivity index (χ0n) is 14.2. The zero-order chi connectivity index (χ0) is 17.7. The number of rotatable bonds is 7. The Balaban J connectivity index is 1.97. The summed E-state index contributed by atoms with van der Waals surface area (Å²) in [7, 11) is 0. The number of amides is 1. The minimum absolute atomic E-state index is 0.0394. The van der Waals surface area contributed by atoms with Gasteiger partial charge in [0, 0.05) is 31.7 Å². The molecule has 132 valence electrons. The van der Waals surface area contributed by atoms with Gasteiger partial charge in [0.15, 0.2) is 0 Å². The second kappa shape index (κ2) is 7.57. The highest BCUT2D eigenvalue weighted by Gasteiger charge is 2.39. The Bertz CT molecular complexity index is 578. The molecule has 24 heavy (non-hydrogen) atoms. The van der Waals surface area contributed by atoms with Crippen LogP contribution in [-0.2, 0) is 4.79 Å². The second-order valence-corrected chi connectivity index (χ2v) is 6.23. The summed E-state index contributed by atoms with van der Waals surface area (Å²) in [6, 6.07) is 3.10. The van der Waals surface area contributed by atoms with E-state index in [1.807, 2.05) is 18.7 Å². The van der Waals surface area contributed by atoms with Crippen molar-refractivity contribution in [3.05, 3.63) is 28.4 Å². The Morgan fingerprint density at radius 1 is 1.50 bits per heavy atom. The lowest BCUT2D eigenvalue weighted by Crippen LogP contribution is -2.47. The van der Waals surface area contributed by atoms with Crippen LogP contribution >= 0.6 is 0 Å². The lowest BCUT2D eigenvalue weighted by atomic mass is 9.81. The monoisotopic (exact) mass is 335 g/mol. The van der Waals surface area contributed by atoms with Crippen molar-refractivity contribution in [3.63, 3.8) is 0 Å². The SMILES string of the molecule is CCC(CC)(CN)C(=O)N1CCC(Nc2ccc([N+](=O)[O-])cn2)C1. The number of nitro groups is 1. The highest BCUT2D eigenvalue weighted by atomic mass is 16.6. The van der Waals surface area contributed by atoms with Crippen LogP contribution in [0.2, 0.25) is 0 Å². The second-order valence-electron chi connectivity index (χ2n) is 6.23. The number of hydrogen-bond acceptors (Lipinski definition) is 6. The third kappa shape index (κ3) is 3.64. The minimum atomic E-state index is -0.478. The molecule has 1 fully saturated rings. The summed E-state index contributed by atoms with van der Waals surface area (Å²) >= 11 is 0. The number of pyridine rings is 1. The molecule has 8 nitrogen and oxygen atoms in total. The van der Waals surface area contributed by atoms with Gasteiger partial charge in [0.2, 0.25) is 5.91 Å². The topological polar surface area (TPSA) is 114 Å². The molecule has 0 saturated carbocycles. The van der Waals surface area contributed by atoms with Crippen molar-refractivity contribution in [2.75, 3.05) is 25.0 Å². The summed E-state index contributed by atoms with van der Waals surface area (Å²) in [5.74, 6) is 0.701. The summed E-state index contributed by atoms with van der Waals surface area (Å²) in [5, 5.41) is 13.9. The van der Waals surface area contributed by atoms with E-state index in [4.69, 9.17) is 5.73 Å². The lowest BCUT2D eigenvalue weighted by molar-refractivity contribution is -0.385. The van der Waals surface area contributed by atoms with Crippen molar-refractivity contribution in [3.8, 4) is 0 Å². The number of nitrogens with zero attached hydrogens (tertiary/aromatic N) is 3. The first kappa shape index (κ1) is 18.1. The molecule has 0 radical (unpaired) electrons. The van der Waals surface area contributed by atoms with Crippen LogP contribution in [0, 0.1) is 15.5 Å². The Morgan fingerprint density at radius 2 is 2.21 bits per heavy atom. The standard InChI is InChI=1S/C16H25N5O3/c1-3-16(4-2,11-17)15(22)20-8-7-12(10-20)19-14-6-5-13(9-18-14)21(23)24/h5-6,9,12H,3-4,7-8,10-11,17H2,1-2H3,(H,18,19). The summed E-state index contributed by atoms with van der Waals surface area (Å²) in [6.45, 7) is 5.64. The Hall–Kier alpha value is -2.22. The Kier molecular flexibility index (Phi) is 5.71. The van der Waals surface area contributed by atoms with Crippen LogP contribution in [0.3, 0.4) is 0 Å². The van der Waals surface area contributed by atoms with Crippen LogP contribution in [0.1, 0.15) is 33.1 Å². The number of hydrogen-bond donors (Lipinski definition) is 2. The summed E-state index contributed by atoms with van der Waals surface area (Å²) < 4.78 is 0. The number of carbonyl (C=O) groups is 1. The molecule has 1 atom stereocenters. The van der Waals surface area contributed by atoms with E-state index in [2.05, 4.69) is 10.3 Å². The van der Waals surface area contributed by atoms with E-state index < -0.39 is 10.3 Å². The molecule has 1 saturated heterocycles. The molecule has 1 aliphatic heterocycles. The normalized spacial score (nSPS) is 17.8. The van der Waals surface area contributed by atoms with Gasteiger partial charge in [0.25, 0.3) is 5.69 Å².